The average molecular weight is 1290 g/mol. The number of benzene rings is 13. The maximum absolute atomic E-state index is 2.72. The zero-order valence-electron chi connectivity index (χ0n) is 59.9. The summed E-state index contributed by atoms with van der Waals surface area (Å²) in [6.07, 6.45) is 0. The Hall–Kier alpha value is -10.9. The topological polar surface area (TPSA) is 16.3 Å². The van der Waals surface area contributed by atoms with E-state index in [0.717, 1.165) is 67.8 Å². The second-order valence-corrected chi connectivity index (χ2v) is 32.3. The molecule has 2 aliphatic rings. The van der Waals surface area contributed by atoms with Gasteiger partial charge in [0, 0.05) is 77.9 Å². The Morgan fingerprint density at radius 2 is 0.570 bits per heavy atom. The summed E-state index contributed by atoms with van der Waals surface area (Å²) in [4.78, 5) is 5.43. The van der Waals surface area contributed by atoms with Crippen molar-refractivity contribution in [3.05, 3.63) is 307 Å². The molecular weight excluding hydrogens is 1210 g/mol. The molecule has 0 saturated heterocycles. The summed E-state index contributed by atoms with van der Waals surface area (Å²) in [6.45, 7) is 30.2. The quantitative estimate of drug-likeness (QED) is 0.141. The van der Waals surface area contributed by atoms with Crippen LogP contribution in [0.15, 0.2) is 279 Å². The van der Waals surface area contributed by atoms with Crippen molar-refractivity contribution in [1.82, 2.24) is 9.13 Å². The lowest BCUT2D eigenvalue weighted by Crippen LogP contribution is -2.61. The van der Waals surface area contributed by atoms with Crippen molar-refractivity contribution in [2.75, 3.05) is 9.80 Å². The Morgan fingerprint density at radius 1 is 0.260 bits per heavy atom. The van der Waals surface area contributed by atoms with Crippen molar-refractivity contribution in [2.24, 2.45) is 0 Å². The highest BCUT2D eigenvalue weighted by atomic mass is 15.2. The summed E-state index contributed by atoms with van der Waals surface area (Å²) in [5.74, 6) is 0. The number of hydrogen-bond acceptors (Lipinski definition) is 2. The van der Waals surface area contributed by atoms with Crippen LogP contribution in [0.2, 0.25) is 0 Å². The van der Waals surface area contributed by atoms with Gasteiger partial charge in [-0.15, -0.1) is 0 Å². The molecule has 0 N–H and O–H groups in total. The fourth-order valence-electron chi connectivity index (χ4n) is 16.3. The zero-order valence-corrected chi connectivity index (χ0v) is 59.9. The van der Waals surface area contributed by atoms with Crippen LogP contribution in [0.1, 0.15) is 111 Å². The highest BCUT2D eigenvalue weighted by molar-refractivity contribution is 7.00. The van der Waals surface area contributed by atoms with Crippen LogP contribution >= 0.6 is 0 Å². The molecule has 17 rings (SSSR count). The first kappa shape index (κ1) is 62.6. The predicted octanol–water partition coefficient (Wildman–Crippen LogP) is 24.1. The summed E-state index contributed by atoms with van der Waals surface area (Å²) >= 11 is 0. The van der Waals surface area contributed by atoms with E-state index >= 15 is 0 Å². The Morgan fingerprint density at radius 3 is 0.900 bits per heavy atom. The summed E-state index contributed by atoms with van der Waals surface area (Å²) < 4.78 is 5.06. The molecule has 0 bridgehead atoms. The minimum atomic E-state index is -0.213. The monoisotopic (exact) mass is 1290 g/mol. The van der Waals surface area contributed by atoms with E-state index in [1.165, 1.54) is 110 Å². The molecule has 4 nitrogen and oxygen atoms in total. The Labute approximate surface area is 590 Å². The molecule has 0 saturated carbocycles. The second kappa shape index (κ2) is 23.1. The van der Waals surface area contributed by atoms with Crippen LogP contribution in [0.25, 0.3) is 99.5 Å². The van der Waals surface area contributed by atoms with E-state index in [2.05, 4.69) is 388 Å². The molecule has 0 amide bonds. The summed E-state index contributed by atoms with van der Waals surface area (Å²) in [5, 5.41) is 5.01. The van der Waals surface area contributed by atoms with Crippen molar-refractivity contribution < 1.29 is 0 Å². The van der Waals surface area contributed by atoms with Gasteiger partial charge in [0.15, 0.2) is 0 Å². The van der Waals surface area contributed by atoms with Gasteiger partial charge in [0.25, 0.3) is 6.71 Å². The van der Waals surface area contributed by atoms with Crippen molar-refractivity contribution >= 4 is 101 Å². The first-order valence-electron chi connectivity index (χ1n) is 35.8. The van der Waals surface area contributed by atoms with Gasteiger partial charge in [-0.25, -0.2) is 0 Å². The van der Waals surface area contributed by atoms with Crippen LogP contribution in [-0.4, -0.2) is 15.8 Å². The molecule has 15 aromatic rings. The third-order valence-corrected chi connectivity index (χ3v) is 21.5. The van der Waals surface area contributed by atoms with Crippen LogP contribution in [0.4, 0.5) is 34.1 Å². The minimum absolute atomic E-state index is 0.0470. The normalized spacial score (nSPS) is 13.2. The second-order valence-electron chi connectivity index (χ2n) is 32.3. The largest absolute Gasteiger partial charge is 0.310 e. The number of rotatable bonds is 8. The van der Waals surface area contributed by atoms with Gasteiger partial charge >= 0.3 is 0 Å². The number of aryl methyl sites for hydroxylation is 1. The SMILES string of the molecule is Cc1cc2c3c(c1)N(c1c(-c4ccccc4)cc(C(C)(C)C)cc1-c1ccccc1)c1cc(-n4c5ccc(C(C)(C)C)cc5c5cc(C(C)(C)C)ccc54)ccc1B3c1ccc(-n3c4ccccc4c4ccccc43)cc1N2c1c(-c2ccccc2)cc(C(C)(C)C)cc1-c1ccccc1. The molecule has 0 spiro atoms. The first-order valence-corrected chi connectivity index (χ1v) is 35.8. The molecule has 5 heteroatoms. The standard InChI is InChI=1S/C95H85BN4/c1-60-50-87-89-88(51-60)100(91-75(63-34-22-16-23-35-63)56-68(95(11,12)13)57-76(91)64-36-24-17-25-37-64)86-59-70(98-83-48-42-65(92(2,3)4)52-77(83)78-53-66(93(5,6)7)43-49-84(78)98)45-47-80(86)96(89)79-46-44-69(97-81-40-28-26-38-71(81)72-39-27-29-41-82(72)97)58-85(79)99(87)90-73(61-30-18-14-19-31-61)54-67(94(8,9)10)55-74(90)62-32-20-15-21-33-62/h14-59H,1-13H3. The Bertz CT molecular complexity index is 5520. The van der Waals surface area contributed by atoms with Crippen molar-refractivity contribution in [3.8, 4) is 55.9 Å². The maximum Gasteiger partial charge on any atom is 0.252 e. The van der Waals surface area contributed by atoms with E-state index in [9.17, 15) is 0 Å². The van der Waals surface area contributed by atoms with E-state index in [0.29, 0.717) is 0 Å². The van der Waals surface area contributed by atoms with Gasteiger partial charge in [-0.2, -0.15) is 0 Å². The Kier molecular flexibility index (Phi) is 14.5. The van der Waals surface area contributed by atoms with Gasteiger partial charge in [-0.3, -0.25) is 0 Å². The van der Waals surface area contributed by atoms with Gasteiger partial charge in [0.1, 0.15) is 0 Å². The molecule has 0 atom stereocenters. The summed E-state index contributed by atoms with van der Waals surface area (Å²) in [5.41, 5.74) is 32.9. The van der Waals surface area contributed by atoms with Crippen molar-refractivity contribution in [2.45, 2.75) is 112 Å². The first-order chi connectivity index (χ1) is 48.1. The molecule has 100 heavy (non-hydrogen) atoms. The zero-order chi connectivity index (χ0) is 68.9. The molecule has 2 aliphatic heterocycles. The van der Waals surface area contributed by atoms with Crippen LogP contribution in [0.5, 0.6) is 0 Å². The van der Waals surface area contributed by atoms with E-state index in [-0.39, 0.29) is 28.4 Å². The van der Waals surface area contributed by atoms with E-state index < -0.39 is 0 Å². The van der Waals surface area contributed by atoms with Gasteiger partial charge in [-0.05, 0) is 192 Å². The van der Waals surface area contributed by atoms with Crippen LogP contribution in [0, 0.1) is 6.92 Å². The number of aromatic nitrogens is 2. The Balaban J connectivity index is 1.05. The lowest BCUT2D eigenvalue weighted by atomic mass is 9.33. The number of nitrogens with zero attached hydrogens (tertiary/aromatic N) is 4. The van der Waals surface area contributed by atoms with Gasteiger partial charge < -0.3 is 18.9 Å². The molecule has 0 radical (unpaired) electrons. The van der Waals surface area contributed by atoms with E-state index in [1.54, 1.807) is 0 Å². The molecular formula is C95H85BN4. The maximum atomic E-state index is 2.72. The number of fused-ring (bicyclic) bond motifs is 10. The lowest BCUT2D eigenvalue weighted by Gasteiger charge is -2.46. The van der Waals surface area contributed by atoms with E-state index in [4.69, 9.17) is 0 Å². The van der Waals surface area contributed by atoms with Crippen LogP contribution < -0.4 is 26.2 Å². The molecule has 488 valence electrons. The smallest absolute Gasteiger partial charge is 0.252 e. The minimum Gasteiger partial charge on any atom is -0.310 e. The van der Waals surface area contributed by atoms with Crippen LogP contribution in [0.3, 0.4) is 0 Å². The highest BCUT2D eigenvalue weighted by Crippen LogP contribution is 2.55. The van der Waals surface area contributed by atoms with Gasteiger partial charge in [-0.1, -0.05) is 265 Å². The van der Waals surface area contributed by atoms with E-state index in [1.807, 2.05) is 0 Å². The lowest BCUT2D eigenvalue weighted by molar-refractivity contribution is 0.590. The summed E-state index contributed by atoms with van der Waals surface area (Å²) in [6, 6.07) is 107. The molecule has 0 aliphatic carbocycles. The molecule has 0 unspecified atom stereocenters. The molecule has 13 aromatic carbocycles. The predicted molar refractivity (Wildman–Crippen MR) is 430 cm³/mol. The highest BCUT2D eigenvalue weighted by Gasteiger charge is 2.46. The van der Waals surface area contributed by atoms with Crippen molar-refractivity contribution in [1.29, 1.82) is 0 Å². The fourth-order valence-corrected chi connectivity index (χ4v) is 16.3. The third-order valence-electron chi connectivity index (χ3n) is 21.5. The van der Waals surface area contributed by atoms with Crippen LogP contribution in [-0.2, 0) is 21.7 Å². The number of hydrogen-bond donors (Lipinski definition) is 0. The number of para-hydroxylation sites is 2. The summed E-state index contributed by atoms with van der Waals surface area (Å²) in [7, 11) is 0. The fraction of sp³-hybridized carbons (Fsp3) is 0.179. The van der Waals surface area contributed by atoms with Crippen molar-refractivity contribution in [3.63, 3.8) is 0 Å². The molecule has 4 heterocycles. The van der Waals surface area contributed by atoms with Gasteiger partial charge in [0.2, 0.25) is 0 Å². The number of anilines is 6. The van der Waals surface area contributed by atoms with Gasteiger partial charge in [0.05, 0.1) is 33.4 Å². The third kappa shape index (κ3) is 10.2. The molecule has 2 aromatic heterocycles. The average Bonchev–Trinajstić information content (AvgIpc) is 0.802. The molecule has 0 fully saturated rings.